The molecule has 0 fully saturated rings. The van der Waals surface area contributed by atoms with E-state index in [1.165, 1.54) is 5.57 Å². The van der Waals surface area contributed by atoms with Crippen molar-refractivity contribution in [1.82, 2.24) is 0 Å². The van der Waals surface area contributed by atoms with Crippen LogP contribution in [0.1, 0.15) is 27.7 Å². The fourth-order valence-corrected chi connectivity index (χ4v) is 1.40. The highest BCUT2D eigenvalue weighted by Gasteiger charge is 2.11. The number of hydrogen-bond acceptors (Lipinski definition) is 2. The Balaban J connectivity index is 3.13. The largest absolute Gasteiger partial charge is 0.264 e. The average Bonchev–Trinajstić information content (AvgIpc) is 2.01. The van der Waals surface area contributed by atoms with Gasteiger partial charge in [-0.1, -0.05) is 27.7 Å². The van der Waals surface area contributed by atoms with Crippen molar-refractivity contribution in [3.63, 3.8) is 0 Å². The van der Waals surface area contributed by atoms with Gasteiger partial charge in [0.15, 0.2) is 0 Å². The molecule has 0 atom stereocenters. The molecule has 2 nitrogen and oxygen atoms in total. The summed E-state index contributed by atoms with van der Waals surface area (Å²) < 4.78 is 0. The van der Waals surface area contributed by atoms with Gasteiger partial charge in [-0.05, 0) is 23.5 Å². The highest BCUT2D eigenvalue weighted by molar-refractivity contribution is 5.83. The lowest BCUT2D eigenvalue weighted by Gasteiger charge is -2.14. The summed E-state index contributed by atoms with van der Waals surface area (Å²) in [7, 11) is 0. The van der Waals surface area contributed by atoms with Crippen molar-refractivity contribution in [3.8, 4) is 0 Å². The maximum absolute atomic E-state index is 4.46. The molecule has 0 saturated carbocycles. The van der Waals surface area contributed by atoms with Gasteiger partial charge in [0.25, 0.3) is 0 Å². The summed E-state index contributed by atoms with van der Waals surface area (Å²) in [6.07, 6.45) is 7.36. The van der Waals surface area contributed by atoms with Crippen LogP contribution in [0.15, 0.2) is 33.5 Å². The molecule has 0 unspecified atom stereocenters. The smallest absolute Gasteiger partial charge is 0.0478 e. The van der Waals surface area contributed by atoms with Gasteiger partial charge in [0, 0.05) is 24.3 Å². The summed E-state index contributed by atoms with van der Waals surface area (Å²) in [5.74, 6) is 0.918. The molecule has 14 heavy (non-hydrogen) atoms. The lowest BCUT2D eigenvalue weighted by atomic mass is 9.96. The van der Waals surface area contributed by atoms with Crippen LogP contribution in [0.4, 0.5) is 0 Å². The van der Waals surface area contributed by atoms with Crippen molar-refractivity contribution in [2.24, 2.45) is 21.8 Å². The molecule has 1 heterocycles. The van der Waals surface area contributed by atoms with Crippen LogP contribution in [0.2, 0.25) is 0 Å². The van der Waals surface area contributed by atoms with E-state index in [9.17, 15) is 0 Å². The second kappa shape index (κ2) is 4.89. The molecule has 2 heteroatoms. The zero-order valence-corrected chi connectivity index (χ0v) is 9.36. The van der Waals surface area contributed by atoms with Crippen LogP contribution < -0.4 is 0 Å². The molecule has 0 aromatic rings. The summed E-state index contributed by atoms with van der Waals surface area (Å²) in [6.45, 7) is 8.66. The Labute approximate surface area is 86.2 Å². The second-order valence-electron chi connectivity index (χ2n) is 4.05. The minimum Gasteiger partial charge on any atom is -0.264 e. The Kier molecular flexibility index (Phi) is 3.81. The third-order valence-electron chi connectivity index (χ3n) is 2.15. The molecule has 1 rings (SSSR count). The molecule has 0 amide bonds. The van der Waals surface area contributed by atoms with Gasteiger partial charge >= 0.3 is 0 Å². The van der Waals surface area contributed by atoms with E-state index in [4.69, 9.17) is 0 Å². The molecule has 0 saturated heterocycles. The normalized spacial score (nSPS) is 28.7. The molecule has 0 radical (unpaired) electrons. The first-order valence-corrected chi connectivity index (χ1v) is 5.09. The SMILES string of the molecule is CC(C)C1=C(C(C)C)/N=C\C=C/N=C\1. The van der Waals surface area contributed by atoms with Crippen LogP contribution in [0.25, 0.3) is 0 Å². The van der Waals surface area contributed by atoms with Crippen LogP contribution in [0, 0.1) is 11.8 Å². The quantitative estimate of drug-likeness (QED) is 0.638. The van der Waals surface area contributed by atoms with E-state index in [2.05, 4.69) is 37.7 Å². The number of nitrogens with zero attached hydrogens (tertiary/aromatic N) is 2. The van der Waals surface area contributed by atoms with Gasteiger partial charge in [0.05, 0.1) is 0 Å². The molecule has 1 aliphatic rings. The maximum Gasteiger partial charge on any atom is 0.0478 e. The van der Waals surface area contributed by atoms with E-state index in [1.807, 2.05) is 18.5 Å². The second-order valence-corrected chi connectivity index (χ2v) is 4.05. The molecule has 0 aliphatic carbocycles. The molecule has 0 bridgehead atoms. The van der Waals surface area contributed by atoms with E-state index >= 15 is 0 Å². The molecular weight excluding hydrogens is 172 g/mol. The predicted octanol–water partition coefficient (Wildman–Crippen LogP) is 3.22. The average molecular weight is 190 g/mol. The minimum absolute atomic E-state index is 0.446. The molecule has 1 aliphatic heterocycles. The van der Waals surface area contributed by atoms with Crippen molar-refractivity contribution in [2.75, 3.05) is 0 Å². The van der Waals surface area contributed by atoms with E-state index in [0.29, 0.717) is 11.8 Å². The zero-order valence-electron chi connectivity index (χ0n) is 9.36. The van der Waals surface area contributed by atoms with Crippen molar-refractivity contribution in [1.29, 1.82) is 0 Å². The van der Waals surface area contributed by atoms with Crippen LogP contribution >= 0.6 is 0 Å². The first kappa shape index (κ1) is 10.9. The van der Waals surface area contributed by atoms with Gasteiger partial charge in [0.2, 0.25) is 0 Å². The molecule has 76 valence electrons. The van der Waals surface area contributed by atoms with Crippen LogP contribution in [-0.4, -0.2) is 12.4 Å². The van der Waals surface area contributed by atoms with E-state index < -0.39 is 0 Å². The van der Waals surface area contributed by atoms with Gasteiger partial charge < -0.3 is 0 Å². The van der Waals surface area contributed by atoms with Crippen LogP contribution in [0.3, 0.4) is 0 Å². The number of rotatable bonds is 2. The molecule has 0 N–H and O–H groups in total. The summed E-state index contributed by atoms with van der Waals surface area (Å²) >= 11 is 0. The lowest BCUT2D eigenvalue weighted by molar-refractivity contribution is 0.708. The third kappa shape index (κ3) is 2.66. The first-order valence-electron chi connectivity index (χ1n) is 5.09. The van der Waals surface area contributed by atoms with Crippen molar-refractivity contribution >= 4 is 12.4 Å². The molecule has 0 spiro atoms. The predicted molar refractivity (Wildman–Crippen MR) is 62.8 cm³/mol. The summed E-state index contributed by atoms with van der Waals surface area (Å²) in [5, 5.41) is 0. The molecular formula is C12H18N2. The Morgan fingerprint density at radius 3 is 2.36 bits per heavy atom. The number of aliphatic imine (C=N–C) groups is 2. The third-order valence-corrected chi connectivity index (χ3v) is 2.15. The Hall–Kier alpha value is -1.18. The molecule has 0 aromatic carbocycles. The fraction of sp³-hybridized carbons (Fsp3) is 0.500. The number of hydrogen-bond donors (Lipinski definition) is 0. The first-order chi connectivity index (χ1) is 6.63. The van der Waals surface area contributed by atoms with E-state index in [0.717, 1.165) is 5.70 Å². The highest BCUT2D eigenvalue weighted by atomic mass is 14.8. The van der Waals surface area contributed by atoms with Gasteiger partial charge in [-0.2, -0.15) is 0 Å². The van der Waals surface area contributed by atoms with Gasteiger partial charge in [-0.25, -0.2) is 0 Å². The molecule has 0 aromatic heterocycles. The summed E-state index contributed by atoms with van der Waals surface area (Å²) in [6, 6.07) is 0. The lowest BCUT2D eigenvalue weighted by Crippen LogP contribution is -2.05. The Morgan fingerprint density at radius 2 is 1.79 bits per heavy atom. The van der Waals surface area contributed by atoms with Crippen LogP contribution in [-0.2, 0) is 0 Å². The highest BCUT2D eigenvalue weighted by Crippen LogP contribution is 2.21. The number of allylic oxidation sites excluding steroid dienone is 3. The Morgan fingerprint density at radius 1 is 1.07 bits per heavy atom. The monoisotopic (exact) mass is 190 g/mol. The Bertz CT molecular complexity index is 274. The van der Waals surface area contributed by atoms with Gasteiger partial charge in [-0.3, -0.25) is 9.98 Å². The van der Waals surface area contributed by atoms with E-state index in [-0.39, 0.29) is 0 Å². The maximum atomic E-state index is 4.46. The summed E-state index contributed by atoms with van der Waals surface area (Å²) in [4.78, 5) is 8.67. The fourth-order valence-electron chi connectivity index (χ4n) is 1.40. The van der Waals surface area contributed by atoms with Gasteiger partial charge in [-0.15, -0.1) is 0 Å². The zero-order chi connectivity index (χ0) is 10.6. The summed E-state index contributed by atoms with van der Waals surface area (Å²) in [5.41, 5.74) is 2.38. The van der Waals surface area contributed by atoms with Gasteiger partial charge in [0.1, 0.15) is 0 Å². The van der Waals surface area contributed by atoms with Crippen molar-refractivity contribution in [2.45, 2.75) is 27.7 Å². The topological polar surface area (TPSA) is 24.7 Å². The van der Waals surface area contributed by atoms with E-state index in [1.54, 1.807) is 6.20 Å². The van der Waals surface area contributed by atoms with Crippen molar-refractivity contribution < 1.29 is 0 Å². The van der Waals surface area contributed by atoms with Crippen LogP contribution in [0.5, 0.6) is 0 Å². The van der Waals surface area contributed by atoms with Crippen molar-refractivity contribution in [3.05, 3.63) is 23.5 Å². The minimum atomic E-state index is 0.446. The standard InChI is InChI=1S/C12H18N2/c1-9(2)11-8-13-6-5-7-14-12(11)10(3)4/h5-10H,1-4H3/b6-5-,7-5?,11-8?,12-11+,13-6?,13-8-,14-7-,14-12?.